The Labute approximate surface area is 94.4 Å². The van der Waals surface area contributed by atoms with Gasteiger partial charge in [-0.1, -0.05) is 0 Å². The fourth-order valence-electron chi connectivity index (χ4n) is 1.76. The van der Waals surface area contributed by atoms with Crippen LogP contribution in [0.25, 0.3) is 0 Å². The van der Waals surface area contributed by atoms with Crippen molar-refractivity contribution in [3.8, 4) is 0 Å². The number of hydrogen-bond acceptors (Lipinski definition) is 3. The second-order valence-corrected chi connectivity index (χ2v) is 4.25. The van der Waals surface area contributed by atoms with Gasteiger partial charge in [-0.25, -0.2) is 0 Å². The minimum absolute atomic E-state index is 0.118. The molecule has 3 nitrogen and oxygen atoms in total. The largest absolute Gasteiger partial charge is 0.405 e. The Kier molecular flexibility index (Phi) is 6.28. The van der Waals surface area contributed by atoms with Crippen LogP contribution in [0.1, 0.15) is 27.2 Å². The summed E-state index contributed by atoms with van der Waals surface area (Å²) in [6.07, 6.45) is -4.02. The van der Waals surface area contributed by atoms with Crippen molar-refractivity contribution in [1.82, 2.24) is 4.90 Å². The molecule has 0 saturated carbocycles. The van der Waals surface area contributed by atoms with E-state index in [1.54, 1.807) is 13.8 Å². The van der Waals surface area contributed by atoms with Gasteiger partial charge in [0.05, 0.1) is 0 Å². The van der Waals surface area contributed by atoms with Gasteiger partial charge in [-0.15, -0.1) is 0 Å². The van der Waals surface area contributed by atoms with E-state index in [9.17, 15) is 13.2 Å². The Balaban J connectivity index is 4.81. The van der Waals surface area contributed by atoms with Gasteiger partial charge in [-0.05, 0) is 27.2 Å². The fraction of sp³-hybridized carbons (Fsp3) is 1.00. The van der Waals surface area contributed by atoms with Gasteiger partial charge in [-0.3, -0.25) is 4.90 Å². The van der Waals surface area contributed by atoms with E-state index < -0.39 is 18.3 Å². The average Bonchev–Trinajstić information content (AvgIpc) is 2.08. The van der Waals surface area contributed by atoms with Crippen LogP contribution in [-0.2, 0) is 0 Å². The summed E-state index contributed by atoms with van der Waals surface area (Å²) in [7, 11) is 0. The third-order valence-electron chi connectivity index (χ3n) is 2.43. The molecule has 0 fully saturated rings. The van der Waals surface area contributed by atoms with Gasteiger partial charge in [0, 0.05) is 25.2 Å². The first-order valence-electron chi connectivity index (χ1n) is 5.40. The number of aliphatic hydroxyl groups excluding tert-OH is 1. The lowest BCUT2D eigenvalue weighted by molar-refractivity contribution is -0.193. The fourth-order valence-corrected chi connectivity index (χ4v) is 1.76. The number of alkyl halides is 3. The third kappa shape index (κ3) is 4.67. The summed E-state index contributed by atoms with van der Waals surface area (Å²) in [6.45, 7) is 4.82. The molecule has 2 unspecified atom stereocenters. The van der Waals surface area contributed by atoms with Crippen LogP contribution >= 0.6 is 0 Å². The van der Waals surface area contributed by atoms with Crippen molar-refractivity contribution in [3.05, 3.63) is 0 Å². The first kappa shape index (κ1) is 15.7. The zero-order valence-electron chi connectivity index (χ0n) is 9.96. The topological polar surface area (TPSA) is 49.5 Å². The highest BCUT2D eigenvalue weighted by Gasteiger charge is 2.46. The molecule has 0 aromatic rings. The SMILES string of the molecule is CC(N)C(N(CCCO)C(C)C)C(F)(F)F. The maximum absolute atomic E-state index is 12.8. The van der Waals surface area contributed by atoms with Gasteiger partial charge in [-0.2, -0.15) is 13.2 Å². The minimum atomic E-state index is -4.34. The lowest BCUT2D eigenvalue weighted by atomic mass is 10.1. The molecule has 0 rings (SSSR count). The summed E-state index contributed by atoms with van der Waals surface area (Å²) in [4.78, 5) is 1.29. The molecule has 0 radical (unpaired) electrons. The smallest absolute Gasteiger partial charge is 0.396 e. The highest BCUT2D eigenvalue weighted by molar-refractivity contribution is 4.87. The van der Waals surface area contributed by atoms with Crippen LogP contribution in [0, 0.1) is 0 Å². The average molecular weight is 242 g/mol. The molecule has 0 aliphatic carbocycles. The zero-order chi connectivity index (χ0) is 12.9. The van der Waals surface area contributed by atoms with E-state index in [2.05, 4.69) is 0 Å². The van der Waals surface area contributed by atoms with Crippen LogP contribution in [-0.4, -0.2) is 47.5 Å². The van der Waals surface area contributed by atoms with Gasteiger partial charge in [0.25, 0.3) is 0 Å². The van der Waals surface area contributed by atoms with Crippen LogP contribution < -0.4 is 5.73 Å². The molecule has 2 atom stereocenters. The van der Waals surface area contributed by atoms with E-state index in [-0.39, 0.29) is 19.2 Å². The highest BCUT2D eigenvalue weighted by Crippen LogP contribution is 2.28. The van der Waals surface area contributed by atoms with Crippen LogP contribution in [0.5, 0.6) is 0 Å². The summed E-state index contributed by atoms with van der Waals surface area (Å²) >= 11 is 0. The first-order valence-corrected chi connectivity index (χ1v) is 5.40. The maximum Gasteiger partial charge on any atom is 0.405 e. The summed E-state index contributed by atoms with van der Waals surface area (Å²) in [5.41, 5.74) is 5.41. The number of hydrogen-bond donors (Lipinski definition) is 2. The predicted molar refractivity (Wildman–Crippen MR) is 57.0 cm³/mol. The van der Waals surface area contributed by atoms with Crippen LogP contribution in [0.3, 0.4) is 0 Å². The number of rotatable bonds is 6. The first-order chi connectivity index (χ1) is 7.21. The molecule has 98 valence electrons. The lowest BCUT2D eigenvalue weighted by Crippen LogP contribution is -2.57. The highest BCUT2D eigenvalue weighted by atomic mass is 19.4. The summed E-state index contributed by atoms with van der Waals surface area (Å²) in [6, 6.07) is -2.90. The van der Waals surface area contributed by atoms with Crippen molar-refractivity contribution in [2.24, 2.45) is 5.73 Å². The van der Waals surface area contributed by atoms with E-state index in [0.717, 1.165) is 0 Å². The Hall–Kier alpha value is -0.330. The van der Waals surface area contributed by atoms with Crippen molar-refractivity contribution >= 4 is 0 Å². The molecule has 0 bridgehead atoms. The monoisotopic (exact) mass is 242 g/mol. The normalized spacial score (nSPS) is 16.9. The molecule has 0 heterocycles. The zero-order valence-corrected chi connectivity index (χ0v) is 9.96. The maximum atomic E-state index is 12.8. The molecular weight excluding hydrogens is 221 g/mol. The third-order valence-corrected chi connectivity index (χ3v) is 2.43. The molecule has 0 saturated heterocycles. The van der Waals surface area contributed by atoms with Crippen molar-refractivity contribution in [2.45, 2.75) is 51.5 Å². The van der Waals surface area contributed by atoms with Crippen molar-refractivity contribution in [2.75, 3.05) is 13.2 Å². The number of halogens is 3. The molecule has 0 aliphatic rings. The standard InChI is InChI=1S/C10H21F3N2O/c1-7(2)15(5-4-6-16)9(8(3)14)10(11,12)13/h7-9,16H,4-6,14H2,1-3H3. The van der Waals surface area contributed by atoms with Crippen LogP contribution in [0.15, 0.2) is 0 Å². The Morgan fingerprint density at radius 2 is 1.75 bits per heavy atom. The molecule has 3 N–H and O–H groups in total. The van der Waals surface area contributed by atoms with Gasteiger partial charge >= 0.3 is 6.18 Å². The molecule has 0 spiro atoms. The van der Waals surface area contributed by atoms with Gasteiger partial charge < -0.3 is 10.8 Å². The van der Waals surface area contributed by atoms with Gasteiger partial charge in [0.2, 0.25) is 0 Å². The lowest BCUT2D eigenvalue weighted by Gasteiger charge is -2.38. The second kappa shape index (κ2) is 6.42. The summed E-state index contributed by atoms with van der Waals surface area (Å²) in [5.74, 6) is 0. The Bertz CT molecular complexity index is 195. The van der Waals surface area contributed by atoms with Crippen molar-refractivity contribution < 1.29 is 18.3 Å². The molecule has 0 aromatic heterocycles. The van der Waals surface area contributed by atoms with Crippen LogP contribution in [0.2, 0.25) is 0 Å². The summed E-state index contributed by atoms with van der Waals surface area (Å²) in [5, 5.41) is 8.68. The van der Waals surface area contributed by atoms with E-state index in [1.165, 1.54) is 11.8 Å². The van der Waals surface area contributed by atoms with E-state index in [4.69, 9.17) is 10.8 Å². The summed E-state index contributed by atoms with van der Waals surface area (Å²) < 4.78 is 38.5. The number of nitrogens with two attached hydrogens (primary N) is 1. The van der Waals surface area contributed by atoms with E-state index >= 15 is 0 Å². The van der Waals surface area contributed by atoms with Crippen molar-refractivity contribution in [3.63, 3.8) is 0 Å². The molecular formula is C10H21F3N2O. The molecule has 0 aliphatic heterocycles. The minimum Gasteiger partial charge on any atom is -0.396 e. The predicted octanol–water partition coefficient (Wildman–Crippen LogP) is 1.36. The van der Waals surface area contributed by atoms with E-state index in [0.29, 0.717) is 6.42 Å². The van der Waals surface area contributed by atoms with Crippen LogP contribution in [0.4, 0.5) is 13.2 Å². The Morgan fingerprint density at radius 1 is 1.25 bits per heavy atom. The molecule has 6 heteroatoms. The van der Waals surface area contributed by atoms with E-state index in [1.807, 2.05) is 0 Å². The molecule has 16 heavy (non-hydrogen) atoms. The molecule has 0 aromatic carbocycles. The van der Waals surface area contributed by atoms with Crippen molar-refractivity contribution in [1.29, 1.82) is 0 Å². The number of nitrogens with zero attached hydrogens (tertiary/aromatic N) is 1. The number of aliphatic hydroxyl groups is 1. The quantitative estimate of drug-likeness (QED) is 0.739. The second-order valence-electron chi connectivity index (χ2n) is 4.25. The van der Waals surface area contributed by atoms with Gasteiger partial charge in [0.1, 0.15) is 6.04 Å². The van der Waals surface area contributed by atoms with Gasteiger partial charge in [0.15, 0.2) is 0 Å². The Morgan fingerprint density at radius 3 is 2.00 bits per heavy atom. The molecule has 0 amide bonds.